The first-order valence-corrected chi connectivity index (χ1v) is 8.58. The van der Waals surface area contributed by atoms with Crippen molar-refractivity contribution >= 4 is 23.2 Å². The van der Waals surface area contributed by atoms with Gasteiger partial charge in [0.1, 0.15) is 12.3 Å². The Morgan fingerprint density at radius 2 is 2.12 bits per heavy atom. The van der Waals surface area contributed by atoms with Crippen molar-refractivity contribution in [2.24, 2.45) is 7.05 Å². The molecule has 1 unspecified atom stereocenters. The van der Waals surface area contributed by atoms with Crippen LogP contribution in [0.4, 0.5) is 5.69 Å². The van der Waals surface area contributed by atoms with Gasteiger partial charge in [-0.25, -0.2) is 0 Å². The zero-order valence-electron chi connectivity index (χ0n) is 15.6. The Hall–Kier alpha value is -2.05. The number of rotatable bonds is 6. The second kappa shape index (κ2) is 7.89. The summed E-state index contributed by atoms with van der Waals surface area (Å²) in [6, 6.07) is 5.27. The molecule has 1 aromatic heterocycles. The van der Waals surface area contributed by atoms with Gasteiger partial charge in [-0.1, -0.05) is 11.6 Å². The van der Waals surface area contributed by atoms with Gasteiger partial charge in [-0.3, -0.25) is 9.48 Å². The van der Waals surface area contributed by atoms with E-state index in [1.54, 1.807) is 17.9 Å². The molecular weight excluding hydrogens is 340 g/mol. The average Bonchev–Trinajstić information content (AvgIpc) is 2.80. The molecular formula is C18H26ClN4O2+. The fourth-order valence-corrected chi connectivity index (χ4v) is 2.94. The second-order valence-corrected chi connectivity index (χ2v) is 6.80. The van der Waals surface area contributed by atoms with E-state index in [0.717, 1.165) is 33.3 Å². The van der Waals surface area contributed by atoms with Crippen molar-refractivity contribution in [2.75, 3.05) is 19.5 Å². The molecule has 0 bridgehead atoms. The van der Waals surface area contributed by atoms with Crippen molar-refractivity contribution in [1.82, 2.24) is 9.78 Å². The van der Waals surface area contributed by atoms with E-state index in [4.69, 9.17) is 16.3 Å². The van der Waals surface area contributed by atoms with E-state index in [9.17, 15) is 4.79 Å². The number of halogens is 1. The lowest BCUT2D eigenvalue weighted by Gasteiger charge is -2.22. The Bertz CT molecular complexity index is 773. The predicted octanol–water partition coefficient (Wildman–Crippen LogP) is 1.74. The number of nitrogens with zero attached hydrogens (tertiary/aromatic N) is 2. The van der Waals surface area contributed by atoms with Crippen LogP contribution in [0.2, 0.25) is 5.02 Å². The van der Waals surface area contributed by atoms with Crippen LogP contribution < -0.4 is 15.0 Å². The summed E-state index contributed by atoms with van der Waals surface area (Å²) in [5.41, 5.74) is 3.51. The number of carbonyl (C=O) groups excluding carboxylic acids is 1. The van der Waals surface area contributed by atoms with Gasteiger partial charge >= 0.3 is 0 Å². The summed E-state index contributed by atoms with van der Waals surface area (Å²) in [6.45, 7) is 6.36. The highest BCUT2D eigenvalue weighted by atomic mass is 35.5. The van der Waals surface area contributed by atoms with Crippen LogP contribution in [-0.4, -0.2) is 35.9 Å². The summed E-state index contributed by atoms with van der Waals surface area (Å²) in [5.74, 6) is 0.730. The third-order valence-corrected chi connectivity index (χ3v) is 4.84. The normalized spacial score (nSPS) is 13.4. The van der Waals surface area contributed by atoms with Crippen LogP contribution in [0.5, 0.6) is 5.75 Å². The monoisotopic (exact) mass is 365 g/mol. The molecule has 2 rings (SSSR count). The van der Waals surface area contributed by atoms with Gasteiger partial charge in [0.15, 0.2) is 6.04 Å². The highest BCUT2D eigenvalue weighted by Crippen LogP contribution is 2.22. The minimum absolute atomic E-state index is 0.0438. The number of hydrogen-bond donors (Lipinski definition) is 2. The van der Waals surface area contributed by atoms with Crippen molar-refractivity contribution in [3.05, 3.63) is 40.2 Å². The number of aromatic nitrogens is 2. The SMILES string of the molecule is COc1ccc(Cl)cc1C[NH+](C)[C@@H](C)C(=O)Nc1c(C)nn(C)c1C. The molecule has 0 radical (unpaired) electrons. The van der Waals surface area contributed by atoms with E-state index in [1.807, 2.05) is 47.0 Å². The van der Waals surface area contributed by atoms with Gasteiger partial charge in [0.2, 0.25) is 0 Å². The topological polar surface area (TPSA) is 60.6 Å². The van der Waals surface area contributed by atoms with E-state index in [0.29, 0.717) is 11.6 Å². The number of quaternary nitrogens is 1. The van der Waals surface area contributed by atoms with Crippen LogP contribution in [0.15, 0.2) is 18.2 Å². The predicted molar refractivity (Wildman–Crippen MR) is 99.4 cm³/mol. The molecule has 2 N–H and O–H groups in total. The summed E-state index contributed by atoms with van der Waals surface area (Å²) in [6.07, 6.45) is 0. The maximum atomic E-state index is 12.7. The quantitative estimate of drug-likeness (QED) is 0.819. The average molecular weight is 366 g/mol. The molecule has 0 aliphatic rings. The van der Waals surface area contributed by atoms with Gasteiger partial charge in [0, 0.05) is 17.6 Å². The lowest BCUT2D eigenvalue weighted by atomic mass is 10.1. The Balaban J connectivity index is 2.10. The number of nitrogens with one attached hydrogen (secondary N) is 2. The molecule has 1 aromatic carbocycles. The van der Waals surface area contributed by atoms with E-state index >= 15 is 0 Å². The molecule has 1 amide bonds. The van der Waals surface area contributed by atoms with Gasteiger partial charge in [-0.15, -0.1) is 0 Å². The standard InChI is InChI=1S/C18H25ClN4O2/c1-11-17(12(2)23(5)21-11)20-18(24)13(3)22(4)10-14-9-15(19)7-8-16(14)25-6/h7-9,13H,10H2,1-6H3,(H,20,24)/p+1/t13-/m0/s1. The molecule has 0 saturated heterocycles. The number of aryl methyl sites for hydroxylation is 2. The van der Waals surface area contributed by atoms with Crippen molar-refractivity contribution in [1.29, 1.82) is 0 Å². The minimum atomic E-state index is -0.248. The van der Waals surface area contributed by atoms with Crippen molar-refractivity contribution in [2.45, 2.75) is 33.4 Å². The molecule has 0 spiro atoms. The Labute approximate surface area is 153 Å². The molecule has 0 aliphatic carbocycles. The summed E-state index contributed by atoms with van der Waals surface area (Å²) >= 11 is 6.09. The van der Waals surface area contributed by atoms with Gasteiger partial charge in [-0.05, 0) is 39.0 Å². The smallest absolute Gasteiger partial charge is 0.282 e. The number of hydrogen-bond acceptors (Lipinski definition) is 3. The van der Waals surface area contributed by atoms with Crippen LogP contribution in [0.3, 0.4) is 0 Å². The number of ether oxygens (including phenoxy) is 1. The van der Waals surface area contributed by atoms with E-state index in [2.05, 4.69) is 10.4 Å². The summed E-state index contributed by atoms with van der Waals surface area (Å²) in [7, 11) is 5.48. The molecule has 6 nitrogen and oxygen atoms in total. The highest BCUT2D eigenvalue weighted by molar-refractivity contribution is 6.30. The molecule has 136 valence electrons. The molecule has 2 aromatic rings. The zero-order chi connectivity index (χ0) is 18.7. The number of anilines is 1. The molecule has 0 fully saturated rings. The number of amides is 1. The number of carbonyl (C=O) groups is 1. The highest BCUT2D eigenvalue weighted by Gasteiger charge is 2.25. The fourth-order valence-electron chi connectivity index (χ4n) is 2.75. The maximum Gasteiger partial charge on any atom is 0.282 e. The van der Waals surface area contributed by atoms with Crippen molar-refractivity contribution in [3.63, 3.8) is 0 Å². The molecule has 7 heteroatoms. The Kier molecular flexibility index (Phi) is 6.08. The Morgan fingerprint density at radius 3 is 2.68 bits per heavy atom. The van der Waals surface area contributed by atoms with E-state index in [1.165, 1.54) is 0 Å². The molecule has 0 saturated carbocycles. The number of methoxy groups -OCH3 is 1. The van der Waals surface area contributed by atoms with Crippen LogP contribution >= 0.6 is 11.6 Å². The molecule has 0 aliphatic heterocycles. The lowest BCUT2D eigenvalue weighted by molar-refractivity contribution is -0.907. The molecule has 2 atom stereocenters. The summed E-state index contributed by atoms with van der Waals surface area (Å²) < 4.78 is 7.15. The van der Waals surface area contributed by atoms with E-state index < -0.39 is 0 Å². The zero-order valence-corrected chi connectivity index (χ0v) is 16.4. The molecule has 25 heavy (non-hydrogen) atoms. The largest absolute Gasteiger partial charge is 0.496 e. The van der Waals surface area contributed by atoms with Gasteiger partial charge in [0.05, 0.1) is 31.2 Å². The minimum Gasteiger partial charge on any atom is -0.496 e. The first kappa shape index (κ1) is 19.3. The van der Waals surface area contributed by atoms with Gasteiger partial charge in [0.25, 0.3) is 5.91 Å². The first-order valence-electron chi connectivity index (χ1n) is 8.20. The maximum absolute atomic E-state index is 12.7. The van der Waals surface area contributed by atoms with Crippen LogP contribution in [0.1, 0.15) is 23.9 Å². The third kappa shape index (κ3) is 4.32. The van der Waals surface area contributed by atoms with Crippen LogP contribution in [0.25, 0.3) is 0 Å². The number of benzene rings is 1. The van der Waals surface area contributed by atoms with E-state index in [-0.39, 0.29) is 11.9 Å². The van der Waals surface area contributed by atoms with Crippen molar-refractivity contribution in [3.8, 4) is 5.75 Å². The van der Waals surface area contributed by atoms with Gasteiger partial charge < -0.3 is 15.0 Å². The second-order valence-electron chi connectivity index (χ2n) is 6.36. The number of likely N-dealkylation sites (N-methyl/N-ethyl adjacent to an activating group) is 1. The first-order chi connectivity index (χ1) is 11.7. The molecule has 1 heterocycles. The van der Waals surface area contributed by atoms with Crippen molar-refractivity contribution < 1.29 is 14.4 Å². The third-order valence-electron chi connectivity index (χ3n) is 4.60. The van der Waals surface area contributed by atoms with Gasteiger partial charge in [-0.2, -0.15) is 5.10 Å². The Morgan fingerprint density at radius 1 is 1.44 bits per heavy atom. The lowest BCUT2D eigenvalue weighted by Crippen LogP contribution is -3.12. The fraction of sp³-hybridized carbons (Fsp3) is 0.444. The van der Waals surface area contributed by atoms with Crippen LogP contribution in [0, 0.1) is 13.8 Å². The summed E-state index contributed by atoms with van der Waals surface area (Å²) in [4.78, 5) is 13.7. The van der Waals surface area contributed by atoms with Crippen LogP contribution in [-0.2, 0) is 18.4 Å². The summed E-state index contributed by atoms with van der Waals surface area (Å²) in [5, 5.41) is 7.99.